The zero-order valence-electron chi connectivity index (χ0n) is 6.71. The lowest BCUT2D eigenvalue weighted by Gasteiger charge is -2.22. The zero-order chi connectivity index (χ0) is 8.53. The molecule has 1 rings (SSSR count). The fourth-order valence-electron chi connectivity index (χ4n) is 0.788. The predicted molar refractivity (Wildman–Crippen MR) is 41.8 cm³/mol. The second-order valence-corrected chi connectivity index (χ2v) is 2.11. The molecule has 0 radical (unpaired) electrons. The Hall–Kier alpha value is -1.08. The van der Waals surface area contributed by atoms with Crippen molar-refractivity contribution in [1.29, 1.82) is 5.26 Å². The van der Waals surface area contributed by atoms with Crippen molar-refractivity contribution in [2.75, 3.05) is 26.2 Å². The summed E-state index contributed by atoms with van der Waals surface area (Å²) in [4.78, 5) is 11.8. The molecule has 1 N–H and O–H groups in total. The summed E-state index contributed by atoms with van der Waals surface area (Å²) in [5.74, 6) is 0. The van der Waals surface area contributed by atoms with Gasteiger partial charge in [0.25, 0.3) is 0 Å². The second-order valence-electron chi connectivity index (χ2n) is 2.11. The lowest BCUT2D eigenvalue weighted by atomic mass is 10.4. The molecule has 0 aromatic rings. The number of hydrogen-bond donors (Lipinski definition) is 1. The van der Waals surface area contributed by atoms with E-state index in [9.17, 15) is 4.79 Å². The van der Waals surface area contributed by atoms with Crippen molar-refractivity contribution >= 4 is 6.41 Å². The van der Waals surface area contributed by atoms with Gasteiger partial charge in [0.2, 0.25) is 6.41 Å². The van der Waals surface area contributed by atoms with Crippen LogP contribution in [0.2, 0.25) is 0 Å². The average molecular weight is 155 g/mol. The SMILES string of the molecule is CC#N.O=CN1CCNCC1. The van der Waals surface area contributed by atoms with E-state index in [1.807, 2.05) is 0 Å². The van der Waals surface area contributed by atoms with Crippen molar-refractivity contribution in [2.45, 2.75) is 6.92 Å². The highest BCUT2D eigenvalue weighted by atomic mass is 16.1. The molecule has 62 valence electrons. The first-order valence-corrected chi connectivity index (χ1v) is 3.56. The Morgan fingerprint density at radius 2 is 2.00 bits per heavy atom. The quantitative estimate of drug-likeness (QED) is 0.523. The fourth-order valence-corrected chi connectivity index (χ4v) is 0.788. The van der Waals surface area contributed by atoms with Gasteiger partial charge in [0.1, 0.15) is 0 Å². The van der Waals surface area contributed by atoms with E-state index in [1.54, 1.807) is 11.0 Å². The maximum Gasteiger partial charge on any atom is 0.209 e. The van der Waals surface area contributed by atoms with Crippen LogP contribution in [0.5, 0.6) is 0 Å². The number of amides is 1. The molecule has 1 amide bonds. The van der Waals surface area contributed by atoms with Gasteiger partial charge < -0.3 is 10.2 Å². The van der Waals surface area contributed by atoms with E-state index in [0.29, 0.717) is 0 Å². The van der Waals surface area contributed by atoms with Crippen LogP contribution in [0.25, 0.3) is 0 Å². The van der Waals surface area contributed by atoms with E-state index in [2.05, 4.69) is 5.32 Å². The van der Waals surface area contributed by atoms with Crippen LogP contribution in [0.4, 0.5) is 0 Å². The van der Waals surface area contributed by atoms with Gasteiger partial charge in [0.05, 0.1) is 6.07 Å². The van der Waals surface area contributed by atoms with Crippen molar-refractivity contribution in [1.82, 2.24) is 10.2 Å². The first kappa shape index (κ1) is 9.92. The van der Waals surface area contributed by atoms with Gasteiger partial charge in [-0.1, -0.05) is 0 Å². The van der Waals surface area contributed by atoms with Gasteiger partial charge in [-0.15, -0.1) is 0 Å². The summed E-state index contributed by atoms with van der Waals surface area (Å²) in [6.45, 7) is 5.05. The van der Waals surface area contributed by atoms with Crippen LogP contribution in [0, 0.1) is 11.3 Å². The smallest absolute Gasteiger partial charge is 0.209 e. The van der Waals surface area contributed by atoms with Gasteiger partial charge in [-0.3, -0.25) is 4.79 Å². The highest BCUT2D eigenvalue weighted by Gasteiger charge is 2.04. The van der Waals surface area contributed by atoms with Crippen molar-refractivity contribution < 1.29 is 4.79 Å². The molecule has 1 heterocycles. The summed E-state index contributed by atoms with van der Waals surface area (Å²) in [5, 5.41) is 10.5. The average Bonchev–Trinajstić information content (AvgIpc) is 2.08. The second kappa shape index (κ2) is 7.03. The van der Waals surface area contributed by atoms with Gasteiger partial charge in [0, 0.05) is 33.1 Å². The third-order valence-electron chi connectivity index (χ3n) is 1.30. The molecule has 11 heavy (non-hydrogen) atoms. The Bertz CT molecular complexity index is 135. The molecule has 1 fully saturated rings. The molecule has 0 aliphatic carbocycles. The zero-order valence-corrected chi connectivity index (χ0v) is 6.71. The summed E-state index contributed by atoms with van der Waals surface area (Å²) in [5.41, 5.74) is 0. The topological polar surface area (TPSA) is 56.1 Å². The van der Waals surface area contributed by atoms with Gasteiger partial charge >= 0.3 is 0 Å². The minimum atomic E-state index is 0.865. The lowest BCUT2D eigenvalue weighted by Crippen LogP contribution is -2.42. The van der Waals surface area contributed by atoms with E-state index < -0.39 is 0 Å². The molecule has 0 bridgehead atoms. The van der Waals surface area contributed by atoms with E-state index in [1.165, 1.54) is 6.92 Å². The third-order valence-corrected chi connectivity index (χ3v) is 1.30. The normalized spacial score (nSPS) is 15.8. The fraction of sp³-hybridized carbons (Fsp3) is 0.714. The van der Waals surface area contributed by atoms with Crippen molar-refractivity contribution in [3.8, 4) is 6.07 Å². The summed E-state index contributed by atoms with van der Waals surface area (Å²) in [7, 11) is 0. The molecule has 0 atom stereocenters. The molecule has 1 aliphatic heterocycles. The van der Waals surface area contributed by atoms with Gasteiger partial charge in [0.15, 0.2) is 0 Å². The largest absolute Gasteiger partial charge is 0.343 e. The molecule has 0 saturated carbocycles. The van der Waals surface area contributed by atoms with Crippen molar-refractivity contribution in [3.05, 3.63) is 0 Å². The number of piperazine rings is 1. The number of rotatable bonds is 1. The van der Waals surface area contributed by atoms with Crippen LogP contribution in [0.3, 0.4) is 0 Å². The van der Waals surface area contributed by atoms with E-state index >= 15 is 0 Å². The predicted octanol–water partition coefficient (Wildman–Crippen LogP) is -0.422. The van der Waals surface area contributed by atoms with Crippen molar-refractivity contribution in [3.63, 3.8) is 0 Å². The van der Waals surface area contributed by atoms with Gasteiger partial charge in [-0.2, -0.15) is 5.26 Å². The minimum absolute atomic E-state index is 0.865. The molecule has 1 aliphatic rings. The molecule has 0 aromatic carbocycles. The van der Waals surface area contributed by atoms with Crippen molar-refractivity contribution in [2.24, 2.45) is 0 Å². The summed E-state index contributed by atoms with van der Waals surface area (Å²) in [6, 6.07) is 1.75. The maximum atomic E-state index is 10.1. The molecule has 4 nitrogen and oxygen atoms in total. The molecule has 0 unspecified atom stereocenters. The Morgan fingerprint density at radius 1 is 1.55 bits per heavy atom. The highest BCUT2D eigenvalue weighted by molar-refractivity contribution is 5.47. The molecule has 4 heteroatoms. The monoisotopic (exact) mass is 155 g/mol. The number of carbonyl (C=O) groups excluding carboxylic acids is 1. The van der Waals surface area contributed by atoms with Crippen LogP contribution in [0.1, 0.15) is 6.92 Å². The number of nitriles is 1. The summed E-state index contributed by atoms with van der Waals surface area (Å²) in [6.07, 6.45) is 0.904. The third kappa shape index (κ3) is 5.37. The van der Waals surface area contributed by atoms with Crippen LogP contribution < -0.4 is 5.32 Å². The number of hydrogen-bond acceptors (Lipinski definition) is 3. The maximum absolute atomic E-state index is 10.1. The van der Waals surface area contributed by atoms with Gasteiger partial charge in [-0.25, -0.2) is 0 Å². The molecule has 1 saturated heterocycles. The standard InChI is InChI=1S/C5H10N2O.C2H3N/c8-5-7-3-1-6-2-4-7;1-2-3/h5-6H,1-4H2;1H3. The molecular weight excluding hydrogens is 142 g/mol. The first-order valence-electron chi connectivity index (χ1n) is 3.56. The van der Waals surface area contributed by atoms with E-state index in [-0.39, 0.29) is 0 Å². The Balaban J connectivity index is 0.000000292. The highest BCUT2D eigenvalue weighted by Crippen LogP contribution is 1.84. The molecule has 0 spiro atoms. The molecular formula is C7H13N3O. The van der Waals surface area contributed by atoms with Crippen LogP contribution >= 0.6 is 0 Å². The Morgan fingerprint density at radius 3 is 2.27 bits per heavy atom. The molecule has 0 aromatic heterocycles. The van der Waals surface area contributed by atoms with E-state index in [0.717, 1.165) is 32.6 Å². The number of carbonyl (C=O) groups is 1. The first-order chi connectivity index (χ1) is 5.35. The van der Waals surface area contributed by atoms with Crippen LogP contribution in [0.15, 0.2) is 0 Å². The van der Waals surface area contributed by atoms with Crippen LogP contribution in [-0.4, -0.2) is 37.5 Å². The Kier molecular flexibility index (Phi) is 6.34. The lowest BCUT2D eigenvalue weighted by molar-refractivity contribution is -0.118. The van der Waals surface area contributed by atoms with Crippen LogP contribution in [-0.2, 0) is 4.79 Å². The number of nitrogens with zero attached hydrogens (tertiary/aromatic N) is 2. The van der Waals surface area contributed by atoms with E-state index in [4.69, 9.17) is 5.26 Å². The minimum Gasteiger partial charge on any atom is -0.343 e. The number of nitrogens with one attached hydrogen (secondary N) is 1. The summed E-state index contributed by atoms with van der Waals surface area (Å²) >= 11 is 0. The Labute approximate surface area is 66.8 Å². The summed E-state index contributed by atoms with van der Waals surface area (Å²) < 4.78 is 0. The van der Waals surface area contributed by atoms with Gasteiger partial charge in [-0.05, 0) is 0 Å².